The number of carbonyl (C=O) groups is 1. The zero-order chi connectivity index (χ0) is 16.2. The molecule has 2 amide bonds. The summed E-state index contributed by atoms with van der Waals surface area (Å²) in [5.74, 6) is 0.608. The Labute approximate surface area is 144 Å². The largest absolute Gasteiger partial charge is 0.337 e. The van der Waals surface area contributed by atoms with Crippen LogP contribution in [0.15, 0.2) is 22.7 Å². The first kappa shape index (κ1) is 15.8. The average Bonchev–Trinajstić information content (AvgIpc) is 3.12. The van der Waals surface area contributed by atoms with Crippen molar-refractivity contribution in [3.8, 4) is 0 Å². The highest BCUT2D eigenvalue weighted by molar-refractivity contribution is 9.10. The Morgan fingerprint density at radius 1 is 1.43 bits per heavy atom. The van der Waals surface area contributed by atoms with Gasteiger partial charge in [-0.15, -0.1) is 10.2 Å². The van der Waals surface area contributed by atoms with Crippen molar-refractivity contribution in [2.24, 2.45) is 0 Å². The smallest absolute Gasteiger partial charge is 0.321 e. The van der Waals surface area contributed by atoms with Crippen molar-refractivity contribution < 1.29 is 4.79 Å². The fraction of sp³-hybridized carbons (Fsp3) is 0.308. The molecule has 0 saturated carbocycles. The number of hydrogen-bond donors (Lipinski definition) is 2. The van der Waals surface area contributed by atoms with E-state index in [2.05, 4.69) is 47.0 Å². The maximum atomic E-state index is 11.9. The van der Waals surface area contributed by atoms with Gasteiger partial charge in [0.15, 0.2) is 11.0 Å². The van der Waals surface area contributed by atoms with Crippen LogP contribution in [0.3, 0.4) is 0 Å². The van der Waals surface area contributed by atoms with Gasteiger partial charge in [0.1, 0.15) is 0 Å². The topological polar surface area (TPSA) is 97.6 Å². The number of thiazole rings is 1. The Hall–Kier alpha value is -2.07. The van der Waals surface area contributed by atoms with Crippen LogP contribution in [0.4, 0.5) is 9.93 Å². The molecule has 8 nitrogen and oxygen atoms in total. The number of halogens is 1. The van der Waals surface area contributed by atoms with Crippen LogP contribution in [0.25, 0.3) is 10.2 Å². The van der Waals surface area contributed by atoms with E-state index in [9.17, 15) is 4.79 Å². The molecule has 0 atom stereocenters. The van der Waals surface area contributed by atoms with Crippen LogP contribution in [0.5, 0.6) is 0 Å². The van der Waals surface area contributed by atoms with E-state index >= 15 is 0 Å². The number of nitrogens with one attached hydrogen (secondary N) is 2. The molecule has 2 N–H and O–H groups in total. The predicted molar refractivity (Wildman–Crippen MR) is 91.5 cm³/mol. The molecule has 3 aromatic rings. The van der Waals surface area contributed by atoms with Gasteiger partial charge < -0.3 is 5.32 Å². The molecule has 0 unspecified atom stereocenters. The van der Waals surface area contributed by atoms with Gasteiger partial charge >= 0.3 is 6.03 Å². The summed E-state index contributed by atoms with van der Waals surface area (Å²) >= 11 is 4.84. The molecular formula is C13H14BrN7OS. The molecule has 2 heterocycles. The number of fused-ring (bicyclic) bond motifs is 1. The van der Waals surface area contributed by atoms with Crippen molar-refractivity contribution in [2.75, 3.05) is 11.9 Å². The summed E-state index contributed by atoms with van der Waals surface area (Å²) in [6.07, 6.45) is 0.528. The predicted octanol–water partition coefficient (Wildman–Crippen LogP) is 2.43. The first-order chi connectivity index (χ1) is 11.1. The molecule has 0 aliphatic heterocycles. The Balaban J connectivity index is 1.51. The highest BCUT2D eigenvalue weighted by atomic mass is 79.9. The number of benzene rings is 1. The molecule has 23 heavy (non-hydrogen) atoms. The fourth-order valence-electron chi connectivity index (χ4n) is 1.89. The van der Waals surface area contributed by atoms with Gasteiger partial charge in [0, 0.05) is 17.4 Å². The lowest BCUT2D eigenvalue weighted by Crippen LogP contribution is -2.30. The lowest BCUT2D eigenvalue weighted by atomic mass is 10.3. The molecule has 0 fully saturated rings. The number of tetrazole rings is 1. The molecular weight excluding hydrogens is 382 g/mol. The zero-order valence-electron chi connectivity index (χ0n) is 12.3. The van der Waals surface area contributed by atoms with Crippen LogP contribution in [-0.2, 0) is 13.0 Å². The summed E-state index contributed by atoms with van der Waals surface area (Å²) in [6.45, 7) is 3.04. The van der Waals surface area contributed by atoms with E-state index in [1.165, 1.54) is 16.1 Å². The first-order valence-corrected chi connectivity index (χ1v) is 8.62. The van der Waals surface area contributed by atoms with Gasteiger partial charge in [-0.3, -0.25) is 5.32 Å². The third kappa shape index (κ3) is 4.02. The van der Waals surface area contributed by atoms with Crippen LogP contribution < -0.4 is 10.6 Å². The number of rotatable bonds is 5. The van der Waals surface area contributed by atoms with Crippen molar-refractivity contribution in [1.29, 1.82) is 0 Å². The van der Waals surface area contributed by atoms with Crippen LogP contribution in [0, 0.1) is 0 Å². The maximum absolute atomic E-state index is 11.9. The Bertz CT molecular complexity index is 831. The second kappa shape index (κ2) is 7.01. The summed E-state index contributed by atoms with van der Waals surface area (Å²) in [7, 11) is 0. The van der Waals surface area contributed by atoms with E-state index in [0.717, 1.165) is 14.7 Å². The van der Waals surface area contributed by atoms with Crippen LogP contribution >= 0.6 is 27.3 Å². The van der Waals surface area contributed by atoms with Gasteiger partial charge in [-0.05, 0) is 30.3 Å². The Morgan fingerprint density at radius 3 is 3.09 bits per heavy atom. The maximum Gasteiger partial charge on any atom is 0.321 e. The fourth-order valence-corrected chi connectivity index (χ4v) is 3.30. The standard InChI is InChI=1S/C13H14BrN7OS/c1-2-21-19-11(18-20-21)5-6-15-12(22)17-13-16-9-4-3-8(14)7-10(9)23-13/h3-4,7H,2,5-6H2,1H3,(H2,15,16,17,22). The summed E-state index contributed by atoms with van der Waals surface area (Å²) in [6, 6.07) is 5.49. The van der Waals surface area contributed by atoms with Gasteiger partial charge in [0.05, 0.1) is 16.8 Å². The monoisotopic (exact) mass is 395 g/mol. The van der Waals surface area contributed by atoms with E-state index in [-0.39, 0.29) is 6.03 Å². The third-order valence-electron chi connectivity index (χ3n) is 2.98. The lowest BCUT2D eigenvalue weighted by Gasteiger charge is -2.03. The second-order valence-corrected chi connectivity index (χ2v) is 6.60. The number of urea groups is 1. The Morgan fingerprint density at radius 2 is 2.30 bits per heavy atom. The molecule has 0 spiro atoms. The summed E-state index contributed by atoms with van der Waals surface area (Å²) in [5, 5.41) is 18.0. The molecule has 0 aliphatic carbocycles. The summed E-state index contributed by atoms with van der Waals surface area (Å²) in [4.78, 5) is 17.8. The second-order valence-electron chi connectivity index (χ2n) is 4.66. The SMILES string of the molecule is CCn1nnc(CCNC(=O)Nc2nc3ccc(Br)cc3s2)n1. The number of aromatic nitrogens is 5. The van der Waals surface area contributed by atoms with E-state index in [0.29, 0.717) is 30.5 Å². The van der Waals surface area contributed by atoms with Crippen molar-refractivity contribution in [3.05, 3.63) is 28.5 Å². The quantitative estimate of drug-likeness (QED) is 0.691. The number of nitrogens with zero attached hydrogens (tertiary/aromatic N) is 5. The highest BCUT2D eigenvalue weighted by Gasteiger charge is 2.08. The molecule has 0 saturated heterocycles. The number of aryl methyl sites for hydroxylation is 1. The van der Waals surface area contributed by atoms with Crippen LogP contribution in [0.2, 0.25) is 0 Å². The number of anilines is 1. The van der Waals surface area contributed by atoms with Gasteiger partial charge in [-0.25, -0.2) is 9.78 Å². The van der Waals surface area contributed by atoms with Crippen molar-refractivity contribution in [1.82, 2.24) is 30.5 Å². The van der Waals surface area contributed by atoms with Crippen molar-refractivity contribution in [2.45, 2.75) is 19.9 Å². The van der Waals surface area contributed by atoms with Gasteiger partial charge in [-0.1, -0.05) is 27.3 Å². The minimum atomic E-state index is -0.300. The lowest BCUT2D eigenvalue weighted by molar-refractivity contribution is 0.252. The van der Waals surface area contributed by atoms with E-state index < -0.39 is 0 Å². The van der Waals surface area contributed by atoms with Crippen molar-refractivity contribution in [3.63, 3.8) is 0 Å². The van der Waals surface area contributed by atoms with E-state index in [4.69, 9.17) is 0 Å². The van der Waals surface area contributed by atoms with Crippen LogP contribution in [-0.4, -0.2) is 37.8 Å². The molecule has 1 aromatic carbocycles. The molecule has 120 valence electrons. The average molecular weight is 396 g/mol. The molecule has 3 rings (SSSR count). The minimum Gasteiger partial charge on any atom is -0.337 e. The molecule has 0 bridgehead atoms. The number of hydrogen-bond acceptors (Lipinski definition) is 6. The molecule has 2 aromatic heterocycles. The van der Waals surface area contributed by atoms with Gasteiger partial charge in [-0.2, -0.15) is 4.80 Å². The normalized spacial score (nSPS) is 10.9. The first-order valence-electron chi connectivity index (χ1n) is 7.01. The molecule has 0 radical (unpaired) electrons. The van der Waals surface area contributed by atoms with Gasteiger partial charge in [0.2, 0.25) is 0 Å². The molecule has 0 aliphatic rings. The third-order valence-corrected chi connectivity index (χ3v) is 4.41. The minimum absolute atomic E-state index is 0.300. The van der Waals surface area contributed by atoms with E-state index in [1.54, 1.807) is 0 Å². The van der Waals surface area contributed by atoms with Crippen LogP contribution in [0.1, 0.15) is 12.7 Å². The highest BCUT2D eigenvalue weighted by Crippen LogP contribution is 2.28. The summed E-state index contributed by atoms with van der Waals surface area (Å²) in [5.41, 5.74) is 0.855. The Kier molecular flexibility index (Phi) is 4.82. The van der Waals surface area contributed by atoms with E-state index in [1.807, 2.05) is 25.1 Å². The molecule has 10 heteroatoms. The van der Waals surface area contributed by atoms with Gasteiger partial charge in [0.25, 0.3) is 0 Å². The zero-order valence-corrected chi connectivity index (χ0v) is 14.7. The summed E-state index contributed by atoms with van der Waals surface area (Å²) < 4.78 is 1.99. The number of carbonyl (C=O) groups excluding carboxylic acids is 1. The number of amides is 2. The van der Waals surface area contributed by atoms with Crippen molar-refractivity contribution >= 4 is 48.6 Å².